The van der Waals surface area contributed by atoms with Crippen molar-refractivity contribution in [1.82, 2.24) is 0 Å². The predicted molar refractivity (Wildman–Crippen MR) is 67.9 cm³/mol. The van der Waals surface area contributed by atoms with E-state index in [0.29, 0.717) is 5.56 Å². The summed E-state index contributed by atoms with van der Waals surface area (Å²) in [4.78, 5) is 10.9. The second-order valence-corrected chi connectivity index (χ2v) is 4.88. The Morgan fingerprint density at radius 1 is 1.35 bits per heavy atom. The fourth-order valence-electron chi connectivity index (χ4n) is 1.38. The van der Waals surface area contributed by atoms with Crippen LogP contribution in [0.5, 0.6) is 5.75 Å². The predicted octanol–water partition coefficient (Wildman–Crippen LogP) is 2.88. The quantitative estimate of drug-likeness (QED) is 0.632. The first-order chi connectivity index (χ1) is 7.84. The van der Waals surface area contributed by atoms with E-state index in [1.165, 1.54) is 19.3 Å². The van der Waals surface area contributed by atoms with E-state index in [1.807, 2.05) is 6.07 Å². The second-order valence-electron chi connectivity index (χ2n) is 4.88. The number of ether oxygens (including phenoxy) is 1. The Bertz CT molecular complexity index is 439. The minimum Gasteiger partial charge on any atom is -0.507 e. The third kappa shape index (κ3) is 3.63. The molecule has 0 aliphatic rings. The van der Waals surface area contributed by atoms with Crippen molar-refractivity contribution in [3.8, 4) is 5.75 Å². The Kier molecular flexibility index (Phi) is 3.94. The summed E-state index contributed by atoms with van der Waals surface area (Å²) in [6.07, 6.45) is 2.82. The van der Waals surface area contributed by atoms with Gasteiger partial charge in [-0.3, -0.25) is 0 Å². The van der Waals surface area contributed by atoms with Gasteiger partial charge in [-0.2, -0.15) is 0 Å². The molecule has 0 radical (unpaired) electrons. The van der Waals surface area contributed by atoms with E-state index in [1.54, 1.807) is 12.1 Å². The third-order valence-corrected chi connectivity index (χ3v) is 2.50. The number of hydrogen-bond donors (Lipinski definition) is 1. The van der Waals surface area contributed by atoms with Crippen LogP contribution in [0.3, 0.4) is 0 Å². The molecule has 0 heterocycles. The van der Waals surface area contributed by atoms with Gasteiger partial charge in [0.1, 0.15) is 5.75 Å². The molecule has 0 fully saturated rings. The Morgan fingerprint density at radius 3 is 2.47 bits per heavy atom. The molecule has 3 nitrogen and oxygen atoms in total. The molecule has 92 valence electrons. The average Bonchev–Trinajstić information content (AvgIpc) is 2.25. The Morgan fingerprint density at radius 2 is 2.00 bits per heavy atom. The molecule has 0 unspecified atom stereocenters. The van der Waals surface area contributed by atoms with E-state index < -0.39 is 5.97 Å². The van der Waals surface area contributed by atoms with Crippen molar-refractivity contribution in [3.05, 3.63) is 35.4 Å². The summed E-state index contributed by atoms with van der Waals surface area (Å²) >= 11 is 0. The second kappa shape index (κ2) is 5.04. The number of carbonyl (C=O) groups is 1. The minimum absolute atomic E-state index is 0.0118. The summed E-state index contributed by atoms with van der Waals surface area (Å²) in [5.41, 5.74) is 1.64. The van der Waals surface area contributed by atoms with Crippen LogP contribution in [0.1, 0.15) is 31.9 Å². The molecule has 0 atom stereocenters. The topological polar surface area (TPSA) is 46.5 Å². The highest BCUT2D eigenvalue weighted by atomic mass is 16.5. The smallest absolute Gasteiger partial charge is 0.330 e. The maximum Gasteiger partial charge on any atom is 0.330 e. The lowest BCUT2D eigenvalue weighted by molar-refractivity contribution is -0.134. The molecule has 1 aromatic carbocycles. The van der Waals surface area contributed by atoms with Crippen molar-refractivity contribution in [1.29, 1.82) is 0 Å². The van der Waals surface area contributed by atoms with Crippen LogP contribution in [-0.4, -0.2) is 18.2 Å². The number of phenols is 1. The number of hydrogen-bond acceptors (Lipinski definition) is 3. The largest absolute Gasteiger partial charge is 0.507 e. The summed E-state index contributed by atoms with van der Waals surface area (Å²) in [7, 11) is 1.31. The highest BCUT2D eigenvalue weighted by molar-refractivity contribution is 5.87. The number of aromatic hydroxyl groups is 1. The Balaban J connectivity index is 2.99. The molecule has 0 aliphatic heterocycles. The lowest BCUT2D eigenvalue weighted by atomic mass is 9.86. The summed E-state index contributed by atoms with van der Waals surface area (Å²) in [6.45, 7) is 6.23. The van der Waals surface area contributed by atoms with Crippen molar-refractivity contribution in [2.45, 2.75) is 26.2 Å². The maximum atomic E-state index is 10.9. The first kappa shape index (κ1) is 13.3. The first-order valence-electron chi connectivity index (χ1n) is 5.44. The van der Waals surface area contributed by atoms with Gasteiger partial charge in [0.15, 0.2) is 0 Å². The molecule has 17 heavy (non-hydrogen) atoms. The van der Waals surface area contributed by atoms with E-state index in [2.05, 4.69) is 25.5 Å². The average molecular weight is 234 g/mol. The van der Waals surface area contributed by atoms with Gasteiger partial charge in [0.05, 0.1) is 7.11 Å². The van der Waals surface area contributed by atoms with Crippen LogP contribution < -0.4 is 0 Å². The van der Waals surface area contributed by atoms with Crippen molar-refractivity contribution in [3.63, 3.8) is 0 Å². The highest BCUT2D eigenvalue weighted by Crippen LogP contribution is 2.28. The SMILES string of the molecule is COC(=O)/C=C/c1ccc(C(C)(C)C)cc1O. The van der Waals surface area contributed by atoms with Crippen LogP contribution in [0.15, 0.2) is 24.3 Å². The molecule has 0 amide bonds. The van der Waals surface area contributed by atoms with Crippen LogP contribution in [0.4, 0.5) is 0 Å². The minimum atomic E-state index is -0.440. The van der Waals surface area contributed by atoms with Crippen LogP contribution in [-0.2, 0) is 14.9 Å². The van der Waals surface area contributed by atoms with E-state index >= 15 is 0 Å². The third-order valence-electron chi connectivity index (χ3n) is 2.50. The summed E-state index contributed by atoms with van der Waals surface area (Å²) < 4.78 is 4.48. The molecule has 1 aromatic rings. The number of methoxy groups -OCH3 is 1. The van der Waals surface area contributed by atoms with E-state index in [-0.39, 0.29) is 11.2 Å². The highest BCUT2D eigenvalue weighted by Gasteiger charge is 2.14. The molecule has 0 saturated heterocycles. The zero-order chi connectivity index (χ0) is 13.1. The molecule has 1 rings (SSSR count). The van der Waals surface area contributed by atoms with Gasteiger partial charge in [-0.15, -0.1) is 0 Å². The van der Waals surface area contributed by atoms with Crippen molar-refractivity contribution in [2.75, 3.05) is 7.11 Å². The number of esters is 1. The normalized spacial score (nSPS) is 11.8. The lowest BCUT2D eigenvalue weighted by Crippen LogP contribution is -2.10. The van der Waals surface area contributed by atoms with Crippen molar-refractivity contribution < 1.29 is 14.6 Å². The van der Waals surface area contributed by atoms with Gasteiger partial charge in [0.25, 0.3) is 0 Å². The molecule has 1 N–H and O–H groups in total. The van der Waals surface area contributed by atoms with Gasteiger partial charge in [-0.1, -0.05) is 32.9 Å². The molecule has 0 bridgehead atoms. The van der Waals surface area contributed by atoms with Gasteiger partial charge >= 0.3 is 5.97 Å². The van der Waals surface area contributed by atoms with Crippen molar-refractivity contribution >= 4 is 12.0 Å². The van der Waals surface area contributed by atoms with Crippen LogP contribution in [0, 0.1) is 0 Å². The van der Waals surface area contributed by atoms with Crippen molar-refractivity contribution in [2.24, 2.45) is 0 Å². The number of carbonyl (C=O) groups excluding carboxylic acids is 1. The lowest BCUT2D eigenvalue weighted by Gasteiger charge is -2.19. The summed E-state index contributed by atoms with van der Waals surface area (Å²) in [6, 6.07) is 5.45. The number of rotatable bonds is 2. The Hall–Kier alpha value is -1.77. The fourth-order valence-corrected chi connectivity index (χ4v) is 1.38. The monoisotopic (exact) mass is 234 g/mol. The number of phenolic OH excluding ortho intramolecular Hbond substituents is 1. The first-order valence-corrected chi connectivity index (χ1v) is 5.44. The Labute approximate surface area is 102 Å². The van der Waals surface area contributed by atoms with E-state index in [0.717, 1.165) is 5.56 Å². The van der Waals surface area contributed by atoms with Gasteiger partial charge in [0, 0.05) is 11.6 Å². The van der Waals surface area contributed by atoms with E-state index in [4.69, 9.17) is 0 Å². The maximum absolute atomic E-state index is 10.9. The van der Waals surface area contributed by atoms with Crippen LogP contribution in [0.25, 0.3) is 6.08 Å². The molecule has 0 aromatic heterocycles. The summed E-state index contributed by atoms with van der Waals surface area (Å²) in [5, 5.41) is 9.84. The van der Waals surface area contributed by atoms with Crippen LogP contribution >= 0.6 is 0 Å². The molecular formula is C14H18O3. The zero-order valence-electron chi connectivity index (χ0n) is 10.7. The van der Waals surface area contributed by atoms with Crippen LogP contribution in [0.2, 0.25) is 0 Å². The van der Waals surface area contributed by atoms with E-state index in [9.17, 15) is 9.90 Å². The number of benzene rings is 1. The fraction of sp³-hybridized carbons (Fsp3) is 0.357. The summed E-state index contributed by atoms with van der Waals surface area (Å²) in [5.74, 6) is -0.276. The standard InChI is InChI=1S/C14H18O3/c1-14(2,3)11-7-5-10(12(15)9-11)6-8-13(16)17-4/h5-9,15H,1-4H3/b8-6+. The molecule has 0 saturated carbocycles. The van der Waals surface area contributed by atoms with Gasteiger partial charge < -0.3 is 9.84 Å². The van der Waals surface area contributed by atoms with Gasteiger partial charge in [0.2, 0.25) is 0 Å². The van der Waals surface area contributed by atoms with Gasteiger partial charge in [-0.25, -0.2) is 4.79 Å². The molecular weight excluding hydrogens is 216 g/mol. The molecule has 3 heteroatoms. The van der Waals surface area contributed by atoms with Gasteiger partial charge in [-0.05, 0) is 23.1 Å². The molecule has 0 spiro atoms. The molecule has 0 aliphatic carbocycles. The zero-order valence-corrected chi connectivity index (χ0v) is 10.7.